The summed E-state index contributed by atoms with van der Waals surface area (Å²) in [5.74, 6) is -0.146. The highest BCUT2D eigenvalue weighted by Crippen LogP contribution is 2.25. The van der Waals surface area contributed by atoms with Gasteiger partial charge in [-0.25, -0.2) is 8.42 Å². The zero-order valence-corrected chi connectivity index (χ0v) is 17.4. The van der Waals surface area contributed by atoms with Crippen molar-refractivity contribution in [1.82, 2.24) is 0 Å². The molecule has 150 valence electrons. The van der Waals surface area contributed by atoms with Gasteiger partial charge in [0.05, 0.1) is 10.6 Å². The van der Waals surface area contributed by atoms with E-state index < -0.39 is 22.5 Å². The molecule has 0 saturated heterocycles. The maximum Gasteiger partial charge on any atom is 0.278 e. The minimum absolute atomic E-state index is 0.0479. The first-order valence-electron chi connectivity index (χ1n) is 9.18. The van der Waals surface area contributed by atoms with E-state index in [0.717, 1.165) is 21.0 Å². The van der Waals surface area contributed by atoms with Gasteiger partial charge in [-0.3, -0.25) is 4.79 Å². The Morgan fingerprint density at radius 1 is 0.828 bits per heavy atom. The van der Waals surface area contributed by atoms with Gasteiger partial charge in [-0.05, 0) is 68.3 Å². The summed E-state index contributed by atoms with van der Waals surface area (Å²) in [7, 11) is -4.09. The Morgan fingerprint density at radius 2 is 1.41 bits per heavy atom. The van der Waals surface area contributed by atoms with E-state index in [-0.39, 0.29) is 10.6 Å². The number of amides is 1. The minimum Gasteiger partial charge on any atom is -0.484 e. The molecule has 0 heterocycles. The third-order valence-corrected chi connectivity index (χ3v) is 6.10. The van der Waals surface area contributed by atoms with Gasteiger partial charge < -0.3 is 4.74 Å². The van der Waals surface area contributed by atoms with Crippen LogP contribution < -0.4 is 9.04 Å². The monoisotopic (exact) mass is 409 g/mol. The Kier molecular flexibility index (Phi) is 6.03. The van der Waals surface area contributed by atoms with E-state index in [1.165, 1.54) is 12.1 Å². The summed E-state index contributed by atoms with van der Waals surface area (Å²) >= 11 is 0. The fourth-order valence-corrected chi connectivity index (χ4v) is 4.43. The van der Waals surface area contributed by atoms with Gasteiger partial charge in [-0.1, -0.05) is 42.0 Å². The van der Waals surface area contributed by atoms with Gasteiger partial charge in [0, 0.05) is 0 Å². The van der Waals surface area contributed by atoms with Crippen LogP contribution in [0.3, 0.4) is 0 Å². The molecular weight excluding hydrogens is 386 g/mol. The van der Waals surface area contributed by atoms with Gasteiger partial charge in [0.25, 0.3) is 15.9 Å². The van der Waals surface area contributed by atoms with E-state index in [0.29, 0.717) is 5.75 Å². The molecule has 0 aliphatic rings. The van der Waals surface area contributed by atoms with Crippen molar-refractivity contribution in [2.45, 2.75) is 25.7 Å². The molecule has 0 aliphatic carbocycles. The highest BCUT2D eigenvalue weighted by atomic mass is 32.2. The van der Waals surface area contributed by atoms with Crippen LogP contribution in [0.4, 0.5) is 5.69 Å². The van der Waals surface area contributed by atoms with Gasteiger partial charge >= 0.3 is 0 Å². The number of para-hydroxylation sites is 1. The summed E-state index contributed by atoms with van der Waals surface area (Å²) in [6.07, 6.45) is 0. The lowest BCUT2D eigenvalue weighted by atomic mass is 10.1. The molecule has 0 saturated carbocycles. The minimum atomic E-state index is -4.09. The molecule has 0 atom stereocenters. The van der Waals surface area contributed by atoms with Crippen molar-refractivity contribution in [3.05, 3.63) is 89.5 Å². The molecule has 29 heavy (non-hydrogen) atoms. The number of benzene rings is 3. The fraction of sp³-hybridized carbons (Fsp3) is 0.174. The maximum atomic E-state index is 13.3. The van der Waals surface area contributed by atoms with Crippen molar-refractivity contribution < 1.29 is 17.9 Å². The zero-order valence-electron chi connectivity index (χ0n) is 16.6. The Balaban J connectivity index is 1.93. The van der Waals surface area contributed by atoms with E-state index in [2.05, 4.69) is 0 Å². The third-order valence-electron chi connectivity index (χ3n) is 4.33. The smallest absolute Gasteiger partial charge is 0.278 e. The fourth-order valence-electron chi connectivity index (χ4n) is 3.02. The number of ether oxygens (including phenoxy) is 1. The van der Waals surface area contributed by atoms with Crippen LogP contribution in [0, 0.1) is 20.8 Å². The molecule has 6 heteroatoms. The predicted octanol–water partition coefficient (Wildman–Crippen LogP) is 4.41. The van der Waals surface area contributed by atoms with E-state index in [9.17, 15) is 13.2 Å². The molecule has 5 nitrogen and oxygen atoms in total. The molecule has 3 rings (SSSR count). The van der Waals surface area contributed by atoms with Crippen molar-refractivity contribution in [1.29, 1.82) is 0 Å². The third kappa shape index (κ3) is 4.84. The van der Waals surface area contributed by atoms with Gasteiger partial charge in [-0.2, -0.15) is 4.31 Å². The average Bonchev–Trinajstić information content (AvgIpc) is 2.67. The molecule has 3 aromatic carbocycles. The van der Waals surface area contributed by atoms with E-state index in [1.807, 2.05) is 39.0 Å². The van der Waals surface area contributed by atoms with E-state index in [4.69, 9.17) is 4.74 Å². The predicted molar refractivity (Wildman–Crippen MR) is 114 cm³/mol. The molecule has 0 unspecified atom stereocenters. The summed E-state index contributed by atoms with van der Waals surface area (Å²) in [6, 6.07) is 20.3. The van der Waals surface area contributed by atoms with Crippen molar-refractivity contribution in [3.63, 3.8) is 0 Å². The SMILES string of the molecule is Cc1ccc(S(=O)(=O)N(C(=O)COc2cc(C)cc(C)c2)c2ccccc2)cc1. The summed E-state index contributed by atoms with van der Waals surface area (Å²) in [5, 5.41) is 0. The van der Waals surface area contributed by atoms with Gasteiger partial charge in [0.2, 0.25) is 0 Å². The molecule has 1 amide bonds. The Labute approximate surface area is 171 Å². The molecule has 3 aromatic rings. The number of carbonyl (C=O) groups excluding carboxylic acids is 1. The van der Waals surface area contributed by atoms with Crippen molar-refractivity contribution in [2.24, 2.45) is 0 Å². The number of carbonyl (C=O) groups is 1. The van der Waals surface area contributed by atoms with Crippen molar-refractivity contribution >= 4 is 21.6 Å². The highest BCUT2D eigenvalue weighted by molar-refractivity contribution is 7.93. The molecular formula is C23H23NO4S. The lowest BCUT2D eigenvalue weighted by Crippen LogP contribution is -2.40. The quantitative estimate of drug-likeness (QED) is 0.605. The first-order chi connectivity index (χ1) is 13.8. The number of hydrogen-bond acceptors (Lipinski definition) is 4. The van der Waals surface area contributed by atoms with Gasteiger partial charge in [0.1, 0.15) is 5.75 Å². The number of nitrogens with zero attached hydrogens (tertiary/aromatic N) is 1. The van der Waals surface area contributed by atoms with Crippen LogP contribution in [0.2, 0.25) is 0 Å². The van der Waals surface area contributed by atoms with Crippen LogP contribution in [-0.2, 0) is 14.8 Å². The second-order valence-electron chi connectivity index (χ2n) is 6.92. The first kappa shape index (κ1) is 20.6. The summed E-state index contributed by atoms with van der Waals surface area (Å²) < 4.78 is 32.9. The Morgan fingerprint density at radius 3 is 2.00 bits per heavy atom. The molecule has 0 fully saturated rings. The summed E-state index contributed by atoms with van der Waals surface area (Å²) in [5.41, 5.74) is 3.20. The lowest BCUT2D eigenvalue weighted by molar-refractivity contribution is -0.119. The summed E-state index contributed by atoms with van der Waals surface area (Å²) in [4.78, 5) is 13.0. The Bertz CT molecular complexity index is 1090. The van der Waals surface area contributed by atoms with Crippen molar-refractivity contribution in [2.75, 3.05) is 10.9 Å². The number of anilines is 1. The average molecular weight is 410 g/mol. The molecule has 0 spiro atoms. The van der Waals surface area contributed by atoms with Crippen LogP contribution in [0.25, 0.3) is 0 Å². The zero-order chi connectivity index (χ0) is 21.0. The summed E-state index contributed by atoms with van der Waals surface area (Å²) in [6.45, 7) is 5.33. The lowest BCUT2D eigenvalue weighted by Gasteiger charge is -2.23. The topological polar surface area (TPSA) is 63.7 Å². The molecule has 0 aliphatic heterocycles. The Hall–Kier alpha value is -3.12. The number of sulfonamides is 1. The molecule has 0 N–H and O–H groups in total. The molecule has 0 aromatic heterocycles. The van der Waals surface area contributed by atoms with Crippen LogP contribution in [-0.4, -0.2) is 20.9 Å². The van der Waals surface area contributed by atoms with E-state index in [1.54, 1.807) is 42.5 Å². The number of rotatable bonds is 6. The van der Waals surface area contributed by atoms with Crippen LogP contribution in [0.5, 0.6) is 5.75 Å². The second-order valence-corrected chi connectivity index (χ2v) is 8.71. The molecule has 0 bridgehead atoms. The maximum absolute atomic E-state index is 13.3. The second kappa shape index (κ2) is 8.49. The first-order valence-corrected chi connectivity index (χ1v) is 10.6. The van der Waals surface area contributed by atoms with Crippen molar-refractivity contribution in [3.8, 4) is 5.75 Å². The van der Waals surface area contributed by atoms with E-state index >= 15 is 0 Å². The van der Waals surface area contributed by atoms with Gasteiger partial charge in [0.15, 0.2) is 6.61 Å². The number of aryl methyl sites for hydroxylation is 3. The standard InChI is InChI=1S/C23H23NO4S/c1-17-9-11-22(12-10-17)29(26,27)24(20-7-5-4-6-8-20)23(25)16-28-21-14-18(2)13-19(3)15-21/h4-15H,16H2,1-3H3. The number of hydrogen-bond donors (Lipinski definition) is 0. The van der Waals surface area contributed by atoms with Crippen LogP contribution in [0.1, 0.15) is 16.7 Å². The van der Waals surface area contributed by atoms with Crippen LogP contribution in [0.15, 0.2) is 77.7 Å². The van der Waals surface area contributed by atoms with Gasteiger partial charge in [-0.15, -0.1) is 0 Å². The largest absolute Gasteiger partial charge is 0.484 e. The highest BCUT2D eigenvalue weighted by Gasteiger charge is 2.31. The van der Waals surface area contributed by atoms with Crippen LogP contribution >= 0.6 is 0 Å². The molecule has 0 radical (unpaired) electrons. The normalized spacial score (nSPS) is 11.1.